The first kappa shape index (κ1) is 20.2. The van der Waals surface area contributed by atoms with Crippen LogP contribution in [0.3, 0.4) is 0 Å². The molecule has 1 N–H and O–H groups in total. The van der Waals surface area contributed by atoms with Gasteiger partial charge >= 0.3 is 0 Å². The molecule has 0 radical (unpaired) electrons. The van der Waals surface area contributed by atoms with Crippen LogP contribution in [0.1, 0.15) is 18.4 Å². The standard InChI is InChI=1S/C20H24N2O5S/c1-14-10-11-15(26-2)13-19(14)28(24,25)22-12-6-8-17(22)20(23)21-16-7-4-5-9-18(16)27-3/h4-5,7,9-11,13,17H,6,8,12H2,1-3H3,(H,21,23). The summed E-state index contributed by atoms with van der Waals surface area (Å²) >= 11 is 0. The normalized spacial score (nSPS) is 17.3. The minimum atomic E-state index is -3.84. The number of hydrogen-bond acceptors (Lipinski definition) is 5. The molecule has 150 valence electrons. The van der Waals surface area contributed by atoms with Crippen LogP contribution in [0.25, 0.3) is 0 Å². The van der Waals surface area contributed by atoms with Crippen molar-refractivity contribution in [2.75, 3.05) is 26.1 Å². The van der Waals surface area contributed by atoms with Gasteiger partial charge in [-0.25, -0.2) is 8.42 Å². The molecule has 1 atom stereocenters. The highest BCUT2D eigenvalue weighted by molar-refractivity contribution is 7.89. The molecule has 0 saturated carbocycles. The number of carbonyl (C=O) groups is 1. The number of amides is 1. The fourth-order valence-electron chi connectivity index (χ4n) is 3.37. The van der Waals surface area contributed by atoms with Gasteiger partial charge in [-0.3, -0.25) is 4.79 Å². The number of carbonyl (C=O) groups excluding carboxylic acids is 1. The van der Waals surface area contributed by atoms with Crippen LogP contribution < -0.4 is 14.8 Å². The number of para-hydroxylation sites is 2. The molecule has 1 aliphatic rings. The smallest absolute Gasteiger partial charge is 0.244 e. The van der Waals surface area contributed by atoms with Crippen LogP contribution in [0.15, 0.2) is 47.4 Å². The minimum absolute atomic E-state index is 0.156. The average Bonchev–Trinajstić information content (AvgIpc) is 3.19. The molecule has 3 rings (SSSR count). The second-order valence-corrected chi connectivity index (χ2v) is 8.45. The Labute approximate surface area is 165 Å². The maximum atomic E-state index is 13.3. The summed E-state index contributed by atoms with van der Waals surface area (Å²) in [6.07, 6.45) is 1.08. The molecule has 0 bridgehead atoms. The van der Waals surface area contributed by atoms with Gasteiger partial charge in [0.15, 0.2) is 0 Å². The third-order valence-electron chi connectivity index (χ3n) is 4.85. The fourth-order valence-corrected chi connectivity index (χ4v) is 5.26. The molecular weight excluding hydrogens is 380 g/mol. The zero-order valence-corrected chi connectivity index (χ0v) is 17.0. The van der Waals surface area contributed by atoms with Crippen molar-refractivity contribution >= 4 is 21.6 Å². The Balaban J connectivity index is 1.89. The second-order valence-electron chi connectivity index (χ2n) is 6.59. The molecule has 1 saturated heterocycles. The first-order valence-corrected chi connectivity index (χ1v) is 10.4. The van der Waals surface area contributed by atoms with Crippen LogP contribution >= 0.6 is 0 Å². The number of nitrogens with zero attached hydrogens (tertiary/aromatic N) is 1. The topological polar surface area (TPSA) is 84.9 Å². The van der Waals surface area contributed by atoms with Crippen LogP contribution in [-0.2, 0) is 14.8 Å². The predicted molar refractivity (Wildman–Crippen MR) is 106 cm³/mol. The summed E-state index contributed by atoms with van der Waals surface area (Å²) in [6.45, 7) is 2.02. The van der Waals surface area contributed by atoms with Gasteiger partial charge in [-0.15, -0.1) is 0 Å². The van der Waals surface area contributed by atoms with Crippen LogP contribution in [0, 0.1) is 6.92 Å². The first-order chi connectivity index (χ1) is 13.4. The van der Waals surface area contributed by atoms with E-state index in [9.17, 15) is 13.2 Å². The molecule has 1 unspecified atom stereocenters. The summed E-state index contributed by atoms with van der Waals surface area (Å²) in [5.74, 6) is 0.608. The number of sulfonamides is 1. The van der Waals surface area contributed by atoms with E-state index >= 15 is 0 Å². The monoisotopic (exact) mass is 404 g/mol. The van der Waals surface area contributed by atoms with Gasteiger partial charge in [0.1, 0.15) is 17.5 Å². The summed E-state index contributed by atoms with van der Waals surface area (Å²) in [5.41, 5.74) is 1.12. The van der Waals surface area contributed by atoms with Gasteiger partial charge in [0.25, 0.3) is 0 Å². The van der Waals surface area contributed by atoms with Crippen molar-refractivity contribution < 1.29 is 22.7 Å². The third-order valence-corrected chi connectivity index (χ3v) is 6.90. The Bertz CT molecular complexity index is 974. The lowest BCUT2D eigenvalue weighted by molar-refractivity contribution is -0.119. The number of hydrogen-bond donors (Lipinski definition) is 1. The van der Waals surface area contributed by atoms with Crippen molar-refractivity contribution in [1.29, 1.82) is 0 Å². The molecule has 1 fully saturated rings. The number of nitrogens with one attached hydrogen (secondary N) is 1. The number of aryl methyl sites for hydroxylation is 1. The summed E-state index contributed by atoms with van der Waals surface area (Å²) < 4.78 is 38.3. The van der Waals surface area contributed by atoms with Crippen LogP contribution in [0.5, 0.6) is 11.5 Å². The molecular formula is C20H24N2O5S. The highest BCUT2D eigenvalue weighted by Gasteiger charge is 2.40. The van der Waals surface area contributed by atoms with E-state index in [1.807, 2.05) is 0 Å². The highest BCUT2D eigenvalue weighted by atomic mass is 32.2. The molecule has 8 heteroatoms. The van der Waals surface area contributed by atoms with E-state index in [0.29, 0.717) is 42.1 Å². The number of methoxy groups -OCH3 is 2. The summed E-state index contributed by atoms with van der Waals surface area (Å²) in [6, 6.07) is 11.2. The van der Waals surface area contributed by atoms with Crippen molar-refractivity contribution in [3.05, 3.63) is 48.0 Å². The molecule has 2 aromatic carbocycles. The van der Waals surface area contributed by atoms with Gasteiger partial charge in [0, 0.05) is 12.6 Å². The second kappa shape index (κ2) is 8.20. The maximum Gasteiger partial charge on any atom is 0.244 e. The van der Waals surface area contributed by atoms with E-state index in [-0.39, 0.29) is 10.8 Å². The zero-order chi connectivity index (χ0) is 20.3. The lowest BCUT2D eigenvalue weighted by atomic mass is 10.2. The number of anilines is 1. The van der Waals surface area contributed by atoms with Crippen molar-refractivity contribution in [1.82, 2.24) is 4.31 Å². The van der Waals surface area contributed by atoms with Crippen LogP contribution in [-0.4, -0.2) is 45.4 Å². The molecule has 28 heavy (non-hydrogen) atoms. The highest BCUT2D eigenvalue weighted by Crippen LogP contribution is 2.31. The quantitative estimate of drug-likeness (QED) is 0.800. The van der Waals surface area contributed by atoms with Crippen molar-refractivity contribution in [2.45, 2.75) is 30.7 Å². The predicted octanol–water partition coefficient (Wildman–Crippen LogP) is 2.80. The molecule has 1 heterocycles. The van der Waals surface area contributed by atoms with Crippen LogP contribution in [0.4, 0.5) is 5.69 Å². The van der Waals surface area contributed by atoms with Crippen molar-refractivity contribution in [3.63, 3.8) is 0 Å². The lowest BCUT2D eigenvalue weighted by Gasteiger charge is -2.24. The van der Waals surface area contributed by atoms with Gasteiger partial charge in [-0.2, -0.15) is 4.31 Å². The fraction of sp³-hybridized carbons (Fsp3) is 0.350. The van der Waals surface area contributed by atoms with Crippen molar-refractivity contribution in [3.8, 4) is 11.5 Å². The number of ether oxygens (including phenoxy) is 2. The molecule has 2 aromatic rings. The largest absolute Gasteiger partial charge is 0.497 e. The summed E-state index contributed by atoms with van der Waals surface area (Å²) in [5, 5.41) is 2.80. The molecule has 1 aliphatic heterocycles. The first-order valence-electron chi connectivity index (χ1n) is 8.99. The summed E-state index contributed by atoms with van der Waals surface area (Å²) in [4.78, 5) is 13.0. The lowest BCUT2D eigenvalue weighted by Crippen LogP contribution is -2.43. The van der Waals surface area contributed by atoms with E-state index in [1.165, 1.54) is 24.6 Å². The number of rotatable bonds is 6. The van der Waals surface area contributed by atoms with Gasteiger partial charge in [0.2, 0.25) is 15.9 Å². The maximum absolute atomic E-state index is 13.3. The van der Waals surface area contributed by atoms with E-state index in [0.717, 1.165) is 0 Å². The molecule has 0 aromatic heterocycles. The zero-order valence-electron chi connectivity index (χ0n) is 16.1. The average molecular weight is 404 g/mol. The SMILES string of the molecule is COc1ccc(C)c(S(=O)(=O)N2CCCC2C(=O)Nc2ccccc2OC)c1. The molecule has 0 aliphatic carbocycles. The molecule has 7 nitrogen and oxygen atoms in total. The molecule has 1 amide bonds. The Hall–Kier alpha value is -2.58. The Morgan fingerprint density at radius 2 is 1.89 bits per heavy atom. The Morgan fingerprint density at radius 1 is 1.14 bits per heavy atom. The van der Waals surface area contributed by atoms with Gasteiger partial charge in [-0.1, -0.05) is 18.2 Å². The Morgan fingerprint density at radius 3 is 2.61 bits per heavy atom. The van der Waals surface area contributed by atoms with Gasteiger partial charge in [-0.05, 0) is 43.5 Å². The minimum Gasteiger partial charge on any atom is -0.497 e. The van der Waals surface area contributed by atoms with E-state index in [2.05, 4.69) is 5.32 Å². The summed E-state index contributed by atoms with van der Waals surface area (Å²) in [7, 11) is -0.840. The third kappa shape index (κ3) is 3.83. The van der Waals surface area contributed by atoms with Crippen LogP contribution in [0.2, 0.25) is 0 Å². The van der Waals surface area contributed by atoms with E-state index < -0.39 is 16.1 Å². The number of benzene rings is 2. The molecule has 0 spiro atoms. The van der Waals surface area contributed by atoms with E-state index in [4.69, 9.17) is 9.47 Å². The van der Waals surface area contributed by atoms with Crippen molar-refractivity contribution in [2.24, 2.45) is 0 Å². The van der Waals surface area contributed by atoms with Gasteiger partial charge in [0.05, 0.1) is 24.8 Å². The van der Waals surface area contributed by atoms with E-state index in [1.54, 1.807) is 43.3 Å². The van der Waals surface area contributed by atoms with Gasteiger partial charge < -0.3 is 14.8 Å². The Kier molecular flexibility index (Phi) is 5.90.